The fraction of sp³-hybridized carbons (Fsp3) is 0.478. The quantitative estimate of drug-likeness (QED) is 0.712. The SMILES string of the molecule is Oc1ccc2c(c1)[C@H](O)CC1(CCN(C[C@@H](O)c3ccc4c(c3)OCCO4)CC1)O2. The summed E-state index contributed by atoms with van der Waals surface area (Å²) in [5.41, 5.74) is 1.07. The van der Waals surface area contributed by atoms with E-state index in [4.69, 9.17) is 14.2 Å². The van der Waals surface area contributed by atoms with Gasteiger partial charge in [0.1, 0.15) is 30.3 Å². The van der Waals surface area contributed by atoms with Crippen molar-refractivity contribution < 1.29 is 29.5 Å². The lowest BCUT2D eigenvalue weighted by Crippen LogP contribution is -2.51. The average molecular weight is 413 g/mol. The zero-order chi connectivity index (χ0) is 20.7. The summed E-state index contributed by atoms with van der Waals surface area (Å²) in [6.07, 6.45) is 0.811. The number of nitrogens with zero attached hydrogens (tertiary/aromatic N) is 1. The lowest BCUT2D eigenvalue weighted by Gasteiger charge is -2.46. The second-order valence-electron chi connectivity index (χ2n) is 8.45. The number of likely N-dealkylation sites (tertiary alicyclic amines) is 1. The predicted octanol–water partition coefficient (Wildman–Crippen LogP) is 2.55. The van der Waals surface area contributed by atoms with Crippen LogP contribution in [0.4, 0.5) is 0 Å². The van der Waals surface area contributed by atoms with Gasteiger partial charge in [0.2, 0.25) is 0 Å². The largest absolute Gasteiger partial charge is 0.508 e. The molecule has 2 atom stereocenters. The van der Waals surface area contributed by atoms with E-state index in [9.17, 15) is 15.3 Å². The molecule has 5 rings (SSSR count). The van der Waals surface area contributed by atoms with Crippen LogP contribution in [0.2, 0.25) is 0 Å². The van der Waals surface area contributed by atoms with Crippen molar-refractivity contribution >= 4 is 0 Å². The van der Waals surface area contributed by atoms with Crippen molar-refractivity contribution in [2.75, 3.05) is 32.8 Å². The van der Waals surface area contributed by atoms with Crippen LogP contribution in [0.25, 0.3) is 0 Å². The van der Waals surface area contributed by atoms with Crippen LogP contribution in [-0.2, 0) is 0 Å². The molecular weight excluding hydrogens is 386 g/mol. The number of aromatic hydroxyl groups is 1. The molecule has 3 aliphatic rings. The van der Waals surface area contributed by atoms with Gasteiger partial charge in [-0.2, -0.15) is 0 Å². The van der Waals surface area contributed by atoms with Crippen molar-refractivity contribution in [3.05, 3.63) is 47.5 Å². The number of piperidine rings is 1. The van der Waals surface area contributed by atoms with Crippen LogP contribution in [-0.4, -0.2) is 58.7 Å². The molecule has 0 aliphatic carbocycles. The Morgan fingerprint density at radius 1 is 1.00 bits per heavy atom. The number of ether oxygens (including phenoxy) is 3. The zero-order valence-corrected chi connectivity index (χ0v) is 16.8. The highest BCUT2D eigenvalue weighted by molar-refractivity contribution is 5.45. The lowest BCUT2D eigenvalue weighted by molar-refractivity contribution is -0.0588. The molecule has 7 nitrogen and oxygen atoms in total. The van der Waals surface area contributed by atoms with Gasteiger partial charge >= 0.3 is 0 Å². The minimum absolute atomic E-state index is 0.135. The van der Waals surface area contributed by atoms with E-state index < -0.39 is 17.8 Å². The van der Waals surface area contributed by atoms with Crippen LogP contribution in [0.3, 0.4) is 0 Å². The zero-order valence-electron chi connectivity index (χ0n) is 16.8. The topological polar surface area (TPSA) is 91.6 Å². The van der Waals surface area contributed by atoms with Crippen LogP contribution in [0.5, 0.6) is 23.0 Å². The molecule has 0 aromatic heterocycles. The van der Waals surface area contributed by atoms with Crippen molar-refractivity contribution in [3.63, 3.8) is 0 Å². The maximum atomic E-state index is 10.7. The summed E-state index contributed by atoms with van der Waals surface area (Å²) in [6.45, 7) is 3.16. The van der Waals surface area contributed by atoms with Crippen LogP contribution >= 0.6 is 0 Å². The molecule has 0 saturated carbocycles. The third kappa shape index (κ3) is 3.69. The van der Waals surface area contributed by atoms with Crippen LogP contribution in [0.1, 0.15) is 42.6 Å². The van der Waals surface area contributed by atoms with E-state index in [0.717, 1.165) is 37.2 Å². The van der Waals surface area contributed by atoms with Gasteiger partial charge in [-0.1, -0.05) is 6.07 Å². The van der Waals surface area contributed by atoms with E-state index in [2.05, 4.69) is 4.90 Å². The Kier molecular flexibility index (Phi) is 4.97. The fourth-order valence-electron chi connectivity index (χ4n) is 4.69. The molecule has 2 aromatic rings. The van der Waals surface area contributed by atoms with Gasteiger partial charge in [0.15, 0.2) is 11.5 Å². The molecule has 1 spiro atoms. The molecule has 7 heteroatoms. The van der Waals surface area contributed by atoms with E-state index in [0.29, 0.717) is 43.2 Å². The van der Waals surface area contributed by atoms with E-state index in [1.54, 1.807) is 18.2 Å². The standard InChI is InChI=1S/C23H27NO6/c25-16-2-4-20-17(12-16)18(26)13-23(30-20)5-7-24(8-6-23)14-19(27)15-1-3-21-22(11-15)29-10-9-28-21/h1-4,11-12,18-19,25-27H,5-10,13-14H2/t18-,19-/m1/s1. The maximum absolute atomic E-state index is 10.7. The van der Waals surface area contributed by atoms with Crippen molar-refractivity contribution in [1.29, 1.82) is 0 Å². The molecule has 2 aromatic carbocycles. The molecule has 0 radical (unpaired) electrons. The molecule has 30 heavy (non-hydrogen) atoms. The molecule has 1 fully saturated rings. The van der Waals surface area contributed by atoms with Crippen LogP contribution < -0.4 is 14.2 Å². The minimum Gasteiger partial charge on any atom is -0.508 e. The second-order valence-corrected chi connectivity index (χ2v) is 8.45. The summed E-state index contributed by atoms with van der Waals surface area (Å²) < 4.78 is 17.5. The predicted molar refractivity (Wildman–Crippen MR) is 109 cm³/mol. The number of hydrogen-bond donors (Lipinski definition) is 3. The third-order valence-electron chi connectivity index (χ3n) is 6.39. The van der Waals surface area contributed by atoms with Crippen molar-refractivity contribution in [3.8, 4) is 23.0 Å². The van der Waals surface area contributed by atoms with Gasteiger partial charge < -0.3 is 34.4 Å². The number of β-amino-alcohol motifs (C(OH)–C–C–N with tert-alkyl or cyclic N) is 1. The third-order valence-corrected chi connectivity index (χ3v) is 6.39. The van der Waals surface area contributed by atoms with Crippen molar-refractivity contribution in [1.82, 2.24) is 4.90 Å². The number of phenols is 1. The maximum Gasteiger partial charge on any atom is 0.161 e. The van der Waals surface area contributed by atoms with Gasteiger partial charge in [-0.25, -0.2) is 0 Å². The van der Waals surface area contributed by atoms with Gasteiger partial charge in [0, 0.05) is 31.6 Å². The first-order valence-electron chi connectivity index (χ1n) is 10.5. The molecule has 3 aliphatic heterocycles. The number of hydrogen-bond acceptors (Lipinski definition) is 7. The van der Waals surface area contributed by atoms with Crippen molar-refractivity contribution in [2.45, 2.75) is 37.1 Å². The monoisotopic (exact) mass is 413 g/mol. The Labute approximate surface area is 175 Å². The Morgan fingerprint density at radius 3 is 2.53 bits per heavy atom. The fourth-order valence-corrected chi connectivity index (χ4v) is 4.69. The highest BCUT2D eigenvalue weighted by atomic mass is 16.6. The number of aliphatic hydroxyl groups excluding tert-OH is 2. The van der Waals surface area contributed by atoms with Crippen molar-refractivity contribution in [2.24, 2.45) is 0 Å². The number of benzene rings is 2. The molecule has 3 N–H and O–H groups in total. The van der Waals surface area contributed by atoms with E-state index in [1.807, 2.05) is 18.2 Å². The van der Waals surface area contributed by atoms with Gasteiger partial charge in [-0.15, -0.1) is 0 Å². The van der Waals surface area contributed by atoms with E-state index >= 15 is 0 Å². The number of rotatable bonds is 3. The number of fused-ring (bicyclic) bond motifs is 2. The number of phenolic OH excluding ortho intramolecular Hbond substituents is 1. The highest BCUT2D eigenvalue weighted by Crippen LogP contribution is 2.45. The molecule has 1 saturated heterocycles. The second kappa shape index (κ2) is 7.65. The molecule has 160 valence electrons. The van der Waals surface area contributed by atoms with Gasteiger partial charge in [-0.3, -0.25) is 0 Å². The molecular formula is C23H27NO6. The van der Waals surface area contributed by atoms with E-state index in [1.165, 1.54) is 0 Å². The summed E-state index contributed by atoms with van der Waals surface area (Å²) >= 11 is 0. The molecule has 3 heterocycles. The summed E-state index contributed by atoms with van der Waals surface area (Å²) in [7, 11) is 0. The summed E-state index contributed by atoms with van der Waals surface area (Å²) in [6, 6.07) is 10.5. The Balaban J connectivity index is 1.22. The molecule has 0 bridgehead atoms. The number of aliphatic hydroxyl groups is 2. The van der Waals surface area contributed by atoms with Gasteiger partial charge in [0.05, 0.1) is 12.2 Å². The summed E-state index contributed by atoms with van der Waals surface area (Å²) in [5.74, 6) is 2.19. The molecule has 0 unspecified atom stereocenters. The first kappa shape index (κ1) is 19.5. The molecule has 0 amide bonds. The van der Waals surface area contributed by atoms with Gasteiger partial charge in [-0.05, 0) is 48.7 Å². The van der Waals surface area contributed by atoms with Gasteiger partial charge in [0.25, 0.3) is 0 Å². The highest BCUT2D eigenvalue weighted by Gasteiger charge is 2.43. The Hall–Kier alpha value is -2.48. The van der Waals surface area contributed by atoms with E-state index in [-0.39, 0.29) is 5.75 Å². The van der Waals surface area contributed by atoms with Crippen LogP contribution in [0, 0.1) is 0 Å². The summed E-state index contributed by atoms with van der Waals surface area (Å²) in [4.78, 5) is 2.23. The average Bonchev–Trinajstić information content (AvgIpc) is 2.76. The smallest absolute Gasteiger partial charge is 0.161 e. The first-order chi connectivity index (χ1) is 14.5. The normalized spacial score (nSPS) is 23.5. The first-order valence-corrected chi connectivity index (χ1v) is 10.5. The lowest BCUT2D eigenvalue weighted by atomic mass is 9.81. The Bertz CT molecular complexity index is 924. The summed E-state index contributed by atoms with van der Waals surface area (Å²) in [5, 5.41) is 31.0. The Morgan fingerprint density at radius 2 is 1.73 bits per heavy atom. The van der Waals surface area contributed by atoms with Crippen LogP contribution in [0.15, 0.2) is 36.4 Å². The minimum atomic E-state index is -0.643.